The first-order valence-electron chi connectivity index (χ1n) is 3.34. The molecule has 0 aliphatic rings. The smallest absolute Gasteiger partial charge is 0.330 e. The third kappa shape index (κ3) is 38.9. The van der Waals surface area contributed by atoms with Crippen molar-refractivity contribution < 1.29 is 14.7 Å². The zero-order valence-corrected chi connectivity index (χ0v) is 7.68. The van der Waals surface area contributed by atoms with Gasteiger partial charge in [-0.15, -0.1) is 0 Å². The quantitative estimate of drug-likeness (QED) is 0.723. The molecule has 1 N–H and O–H groups in total. The Hall–Kier alpha value is -1.38. The van der Waals surface area contributed by atoms with Crippen LogP contribution in [-0.2, 0) is 9.59 Å². The summed E-state index contributed by atoms with van der Waals surface area (Å²) in [6, 6.07) is 0. The highest BCUT2D eigenvalue weighted by Crippen LogP contribution is 1.84. The van der Waals surface area contributed by atoms with Crippen LogP contribution >= 0.6 is 0 Å². The van der Waals surface area contributed by atoms with Crippen LogP contribution in [0.2, 0.25) is 0 Å². The van der Waals surface area contributed by atoms with Crippen LogP contribution in [0.15, 0.2) is 24.3 Å². The molecule has 0 atom stereocenters. The van der Waals surface area contributed by atoms with Gasteiger partial charge in [0.25, 0.3) is 0 Å². The molecule has 3 nitrogen and oxygen atoms in total. The van der Waals surface area contributed by atoms with Gasteiger partial charge in [0.2, 0.25) is 0 Å². The highest BCUT2D eigenvalue weighted by atomic mass is 16.4. The number of carboxylic acid groups (broad SMARTS) is 1. The highest BCUT2D eigenvalue weighted by Gasteiger charge is 1.90. The number of Topliss-reactive ketones (excluding diaryl/α,β-unsaturated/α-hetero) is 1. The van der Waals surface area contributed by atoms with Crippen molar-refractivity contribution in [3.05, 3.63) is 24.3 Å². The summed E-state index contributed by atoms with van der Waals surface area (Å²) in [5, 5.41) is 7.89. The Morgan fingerprint density at radius 3 is 0.938 bits per heavy atom. The van der Waals surface area contributed by atoms with Crippen molar-refractivity contribution in [1.29, 1.82) is 0 Å². The molecule has 0 rings (SSSR count). The van der Waals surface area contributed by atoms with Gasteiger partial charge in [-0.25, -0.2) is 4.79 Å². The molecule has 0 aliphatic heterocycles. The second kappa shape index (κ2) is 19.2. The summed E-state index contributed by atoms with van der Waals surface area (Å²) < 4.78 is 0. The highest BCUT2D eigenvalue weighted by molar-refractivity contribution is 5.91. The second-order valence-electron chi connectivity index (χ2n) is 2.42. The van der Waals surface area contributed by atoms with Gasteiger partial charge in [-0.05, 0) is 26.3 Å². The van der Waals surface area contributed by atoms with Gasteiger partial charge in [0.05, 0.1) is 0 Å². The molecule has 0 aromatic heterocycles. The standard InChI is InChI=1S/C5H8O.C4H6O2.4CH4/c1-4(2)5(3)6;1-3(2)4(5)6;;;;/h1H2,2-3H3;1H2,2H3,(H,5,6);4*1H4. The van der Waals surface area contributed by atoms with Gasteiger partial charge in [-0.2, -0.15) is 0 Å². The van der Waals surface area contributed by atoms with E-state index in [4.69, 9.17) is 5.11 Å². The van der Waals surface area contributed by atoms with E-state index in [0.29, 0.717) is 5.57 Å². The molecule has 0 amide bonds. The van der Waals surface area contributed by atoms with Crippen molar-refractivity contribution >= 4 is 11.8 Å². The van der Waals surface area contributed by atoms with Gasteiger partial charge in [0.15, 0.2) is 5.78 Å². The van der Waals surface area contributed by atoms with Crippen molar-refractivity contribution in [2.75, 3.05) is 0 Å². The number of ketones is 1. The van der Waals surface area contributed by atoms with Crippen LogP contribution in [0.25, 0.3) is 0 Å². The van der Waals surface area contributed by atoms with Gasteiger partial charge in [0, 0.05) is 5.57 Å². The molecule has 3 heteroatoms. The van der Waals surface area contributed by atoms with Gasteiger partial charge < -0.3 is 5.11 Å². The van der Waals surface area contributed by atoms with E-state index in [1.807, 2.05) is 0 Å². The average molecular weight is 234 g/mol. The maximum absolute atomic E-state index is 10.0. The minimum absolute atomic E-state index is 0. The van der Waals surface area contributed by atoms with Crippen LogP contribution in [0.3, 0.4) is 0 Å². The molecule has 0 saturated carbocycles. The van der Waals surface area contributed by atoms with E-state index < -0.39 is 5.97 Å². The first-order chi connectivity index (χ1) is 5.29. The van der Waals surface area contributed by atoms with E-state index in [1.165, 1.54) is 13.8 Å². The number of hydrogen-bond acceptors (Lipinski definition) is 2. The van der Waals surface area contributed by atoms with Crippen molar-refractivity contribution in [2.24, 2.45) is 0 Å². The molecule has 0 unspecified atom stereocenters. The Bertz CT molecular complexity index is 167. The summed E-state index contributed by atoms with van der Waals surface area (Å²) in [6.45, 7) is 11.2. The summed E-state index contributed by atoms with van der Waals surface area (Å²) in [6.07, 6.45) is 0. The van der Waals surface area contributed by atoms with Gasteiger partial charge in [0.1, 0.15) is 0 Å². The maximum atomic E-state index is 10.0. The van der Waals surface area contributed by atoms with Gasteiger partial charge in [-0.3, -0.25) is 4.79 Å². The fourth-order valence-corrected chi connectivity index (χ4v) is 0. The van der Waals surface area contributed by atoms with Crippen LogP contribution in [0.4, 0.5) is 0 Å². The summed E-state index contributed by atoms with van der Waals surface area (Å²) in [4.78, 5) is 19.6. The lowest BCUT2D eigenvalue weighted by atomic mass is 10.3. The van der Waals surface area contributed by atoms with Crippen molar-refractivity contribution in [2.45, 2.75) is 50.5 Å². The van der Waals surface area contributed by atoms with Crippen LogP contribution in [0.1, 0.15) is 50.5 Å². The zero-order chi connectivity index (χ0) is 10.3. The number of aliphatic carboxylic acids is 1. The molecule has 0 radical (unpaired) electrons. The number of carboxylic acids is 1. The monoisotopic (exact) mass is 234 g/mol. The molecule has 16 heavy (non-hydrogen) atoms. The molecule has 0 saturated heterocycles. The molecule has 0 bridgehead atoms. The van der Waals surface area contributed by atoms with E-state index in [1.54, 1.807) is 6.92 Å². The topological polar surface area (TPSA) is 54.4 Å². The number of allylic oxidation sites excluding steroid dienone is 1. The predicted octanol–water partition coefficient (Wildman–Crippen LogP) is 4.34. The van der Waals surface area contributed by atoms with Crippen LogP contribution in [0.5, 0.6) is 0 Å². The third-order valence-electron chi connectivity index (χ3n) is 0.966. The van der Waals surface area contributed by atoms with Gasteiger partial charge in [-0.1, -0.05) is 42.9 Å². The summed E-state index contributed by atoms with van der Waals surface area (Å²) in [5.41, 5.74) is 0.796. The van der Waals surface area contributed by atoms with Crippen molar-refractivity contribution in [3.63, 3.8) is 0 Å². The van der Waals surface area contributed by atoms with Crippen LogP contribution in [0, 0.1) is 0 Å². The molecule has 0 spiro atoms. The Balaban J connectivity index is -0.0000000250. The number of carbonyl (C=O) groups is 2. The molecule has 0 heterocycles. The Kier molecular flexibility index (Phi) is 43.9. The molecule has 0 fully saturated rings. The van der Waals surface area contributed by atoms with Gasteiger partial charge >= 0.3 is 5.97 Å². The number of carbonyl (C=O) groups excluding carboxylic acids is 1. The lowest BCUT2D eigenvalue weighted by Gasteiger charge is -1.80. The Morgan fingerprint density at radius 2 is 0.938 bits per heavy atom. The summed E-state index contributed by atoms with van der Waals surface area (Å²) in [7, 11) is 0. The fourth-order valence-electron chi connectivity index (χ4n) is 0. The first kappa shape index (κ1) is 36.5. The van der Waals surface area contributed by atoms with E-state index in [2.05, 4.69) is 13.2 Å². The second-order valence-corrected chi connectivity index (χ2v) is 2.42. The fraction of sp³-hybridized carbons (Fsp3) is 0.538. The minimum atomic E-state index is -0.935. The average Bonchev–Trinajstić information content (AvgIpc) is 1.88. The van der Waals surface area contributed by atoms with E-state index in [-0.39, 0.29) is 41.1 Å². The molecular weight excluding hydrogens is 204 g/mol. The Labute approximate surface area is 102 Å². The zero-order valence-electron chi connectivity index (χ0n) is 7.68. The Morgan fingerprint density at radius 1 is 0.812 bits per heavy atom. The lowest BCUT2D eigenvalue weighted by molar-refractivity contribution is -0.132. The molecule has 0 aromatic carbocycles. The lowest BCUT2D eigenvalue weighted by Crippen LogP contribution is -1.92. The van der Waals surface area contributed by atoms with Crippen LogP contribution < -0.4 is 0 Å². The number of hydrogen-bond donors (Lipinski definition) is 1. The summed E-state index contributed by atoms with van der Waals surface area (Å²) in [5.74, 6) is -0.870. The predicted molar refractivity (Wildman–Crippen MR) is 74.9 cm³/mol. The summed E-state index contributed by atoms with van der Waals surface area (Å²) >= 11 is 0. The van der Waals surface area contributed by atoms with Crippen LogP contribution in [-0.4, -0.2) is 16.9 Å². The van der Waals surface area contributed by atoms with E-state index in [0.717, 1.165) is 0 Å². The molecule has 0 aromatic rings. The van der Waals surface area contributed by atoms with E-state index in [9.17, 15) is 9.59 Å². The largest absolute Gasteiger partial charge is 0.478 e. The molecule has 100 valence electrons. The normalized spacial score (nSPS) is 5.69. The number of rotatable bonds is 2. The first-order valence-corrected chi connectivity index (χ1v) is 3.34. The minimum Gasteiger partial charge on any atom is -0.478 e. The van der Waals surface area contributed by atoms with E-state index >= 15 is 0 Å². The van der Waals surface area contributed by atoms with Crippen molar-refractivity contribution in [3.8, 4) is 0 Å². The third-order valence-corrected chi connectivity index (χ3v) is 0.966. The molecule has 0 aliphatic carbocycles. The molecular formula is C13H30O3. The SMILES string of the molecule is C.C.C.C.C=C(C)C(=O)O.C=C(C)C(C)=O. The van der Waals surface area contributed by atoms with Crippen molar-refractivity contribution in [1.82, 2.24) is 0 Å². The maximum Gasteiger partial charge on any atom is 0.330 e.